The maximum atomic E-state index is 13.8. The Morgan fingerprint density at radius 2 is 1.72 bits per heavy atom. The Bertz CT molecular complexity index is 1230. The first-order valence-corrected chi connectivity index (χ1v) is 14.2. The van der Waals surface area contributed by atoms with E-state index >= 15 is 0 Å². The van der Waals surface area contributed by atoms with Gasteiger partial charge in [-0.2, -0.15) is 0 Å². The van der Waals surface area contributed by atoms with Crippen LogP contribution < -0.4 is 9.62 Å². The number of hydrogen-bond acceptors (Lipinski definition) is 4. The zero-order valence-electron chi connectivity index (χ0n) is 21.9. The van der Waals surface area contributed by atoms with Gasteiger partial charge in [-0.1, -0.05) is 48.3 Å². The Balaban J connectivity index is 2.54. The van der Waals surface area contributed by atoms with Crippen LogP contribution in [-0.2, 0) is 26.2 Å². The fraction of sp³-hybridized carbons (Fsp3) is 0.462. The van der Waals surface area contributed by atoms with Gasteiger partial charge in [-0.05, 0) is 75.9 Å². The van der Waals surface area contributed by atoms with Gasteiger partial charge in [0.2, 0.25) is 21.8 Å². The van der Waals surface area contributed by atoms with E-state index in [1.807, 2.05) is 40.7 Å². The van der Waals surface area contributed by atoms with Crippen molar-refractivity contribution in [2.24, 2.45) is 0 Å². The summed E-state index contributed by atoms with van der Waals surface area (Å²) < 4.78 is 26.7. The lowest BCUT2D eigenvalue weighted by atomic mass is 10.1. The van der Waals surface area contributed by atoms with Gasteiger partial charge in [0.15, 0.2) is 0 Å². The molecule has 198 valence electrons. The lowest BCUT2D eigenvalue weighted by Gasteiger charge is -2.35. The molecule has 0 aliphatic heterocycles. The molecule has 1 atom stereocenters. The van der Waals surface area contributed by atoms with E-state index in [1.54, 1.807) is 37.3 Å². The van der Waals surface area contributed by atoms with Crippen LogP contribution >= 0.6 is 23.2 Å². The zero-order valence-corrected chi connectivity index (χ0v) is 24.2. The summed E-state index contributed by atoms with van der Waals surface area (Å²) in [4.78, 5) is 28.4. The zero-order chi connectivity index (χ0) is 27.4. The van der Waals surface area contributed by atoms with Gasteiger partial charge in [0.05, 0.1) is 11.9 Å². The molecular weight excluding hydrogens is 521 g/mol. The quantitative estimate of drug-likeness (QED) is 0.466. The standard InChI is InChI=1S/C26H35Cl2N3O4S/c1-8-22(25(33)29-26(4,5)6)30(15-19-12-13-20(27)14-21(19)28)24(32)16-31(36(7,34)35)23-11-9-10-17(2)18(23)3/h9-14,22H,8,15-16H2,1-7H3,(H,29,33)/t22-/m1/s1. The van der Waals surface area contributed by atoms with E-state index in [-0.39, 0.29) is 12.5 Å². The summed E-state index contributed by atoms with van der Waals surface area (Å²) in [6.45, 7) is 10.6. The number of benzene rings is 2. The third-order valence-corrected chi connectivity index (χ3v) is 7.48. The van der Waals surface area contributed by atoms with Crippen molar-refractivity contribution in [3.8, 4) is 0 Å². The molecule has 2 rings (SSSR count). The molecule has 0 heterocycles. The number of rotatable bonds is 9. The summed E-state index contributed by atoms with van der Waals surface area (Å²) in [5.74, 6) is -0.857. The van der Waals surface area contributed by atoms with Crippen molar-refractivity contribution in [3.63, 3.8) is 0 Å². The van der Waals surface area contributed by atoms with E-state index in [1.165, 1.54) is 4.90 Å². The number of carbonyl (C=O) groups is 2. The largest absolute Gasteiger partial charge is 0.350 e. The van der Waals surface area contributed by atoms with E-state index in [0.29, 0.717) is 27.7 Å². The summed E-state index contributed by atoms with van der Waals surface area (Å²) in [5, 5.41) is 3.72. The molecule has 0 spiro atoms. The van der Waals surface area contributed by atoms with Crippen LogP contribution in [0, 0.1) is 13.8 Å². The van der Waals surface area contributed by atoms with Crippen LogP contribution in [0.3, 0.4) is 0 Å². The number of amides is 2. The summed E-state index contributed by atoms with van der Waals surface area (Å²) in [6.07, 6.45) is 1.38. The maximum absolute atomic E-state index is 13.8. The first kappa shape index (κ1) is 29.9. The van der Waals surface area contributed by atoms with Gasteiger partial charge in [0.1, 0.15) is 12.6 Å². The summed E-state index contributed by atoms with van der Waals surface area (Å²) in [6, 6.07) is 9.36. The highest BCUT2D eigenvalue weighted by Crippen LogP contribution is 2.27. The van der Waals surface area contributed by atoms with Crippen LogP contribution in [0.2, 0.25) is 10.0 Å². The first-order chi connectivity index (χ1) is 16.5. The van der Waals surface area contributed by atoms with Crippen LogP contribution in [0.25, 0.3) is 0 Å². The summed E-state index contributed by atoms with van der Waals surface area (Å²) >= 11 is 12.4. The molecule has 2 aromatic carbocycles. The van der Waals surface area contributed by atoms with E-state index < -0.39 is 34.1 Å². The van der Waals surface area contributed by atoms with Crippen molar-refractivity contribution < 1.29 is 18.0 Å². The fourth-order valence-electron chi connectivity index (χ4n) is 3.81. The highest BCUT2D eigenvalue weighted by molar-refractivity contribution is 7.92. The van der Waals surface area contributed by atoms with Crippen LogP contribution in [-0.4, -0.2) is 49.5 Å². The molecule has 10 heteroatoms. The molecule has 0 aliphatic carbocycles. The number of anilines is 1. The molecule has 36 heavy (non-hydrogen) atoms. The Hall–Kier alpha value is -2.29. The number of hydrogen-bond donors (Lipinski definition) is 1. The molecule has 0 unspecified atom stereocenters. The second kappa shape index (κ2) is 11.8. The molecule has 7 nitrogen and oxygen atoms in total. The smallest absolute Gasteiger partial charge is 0.244 e. The van der Waals surface area contributed by atoms with E-state index in [9.17, 15) is 18.0 Å². The molecule has 0 aromatic heterocycles. The molecule has 2 amide bonds. The lowest BCUT2D eigenvalue weighted by molar-refractivity contribution is -0.141. The van der Waals surface area contributed by atoms with Crippen molar-refractivity contribution in [1.82, 2.24) is 10.2 Å². The van der Waals surface area contributed by atoms with Gasteiger partial charge in [-0.25, -0.2) is 8.42 Å². The minimum Gasteiger partial charge on any atom is -0.350 e. The van der Waals surface area contributed by atoms with Crippen molar-refractivity contribution in [2.75, 3.05) is 17.1 Å². The number of nitrogens with one attached hydrogen (secondary N) is 1. The average Bonchev–Trinajstić information content (AvgIpc) is 2.73. The van der Waals surface area contributed by atoms with E-state index in [0.717, 1.165) is 21.7 Å². The van der Waals surface area contributed by atoms with E-state index in [4.69, 9.17) is 23.2 Å². The summed E-state index contributed by atoms with van der Waals surface area (Å²) in [5.41, 5.74) is 2.14. The predicted octanol–water partition coefficient (Wildman–Crippen LogP) is 5.10. The van der Waals surface area contributed by atoms with Crippen molar-refractivity contribution in [3.05, 3.63) is 63.1 Å². The Labute approximate surface area is 224 Å². The monoisotopic (exact) mass is 555 g/mol. The second-order valence-corrected chi connectivity index (χ2v) is 12.7. The molecule has 1 N–H and O–H groups in total. The van der Waals surface area contributed by atoms with Gasteiger partial charge in [0, 0.05) is 22.1 Å². The topological polar surface area (TPSA) is 86.8 Å². The molecule has 0 aliphatic rings. The molecule has 0 bridgehead atoms. The van der Waals surface area contributed by atoms with Gasteiger partial charge in [-0.15, -0.1) is 0 Å². The Morgan fingerprint density at radius 1 is 1.08 bits per heavy atom. The van der Waals surface area contributed by atoms with Gasteiger partial charge < -0.3 is 10.2 Å². The number of halogens is 2. The number of nitrogens with zero attached hydrogens (tertiary/aromatic N) is 2. The second-order valence-electron chi connectivity index (χ2n) is 9.91. The molecule has 2 aromatic rings. The number of aryl methyl sites for hydroxylation is 1. The van der Waals surface area contributed by atoms with Crippen LogP contribution in [0.15, 0.2) is 36.4 Å². The molecule has 0 radical (unpaired) electrons. The minimum absolute atomic E-state index is 0.00923. The number of sulfonamides is 1. The summed E-state index contributed by atoms with van der Waals surface area (Å²) in [7, 11) is -3.81. The van der Waals surface area contributed by atoms with E-state index in [2.05, 4.69) is 5.32 Å². The first-order valence-electron chi connectivity index (χ1n) is 11.6. The fourth-order valence-corrected chi connectivity index (χ4v) is 5.17. The van der Waals surface area contributed by atoms with Gasteiger partial charge in [-0.3, -0.25) is 13.9 Å². The molecule has 0 fully saturated rings. The van der Waals surface area contributed by atoms with Crippen molar-refractivity contribution >= 4 is 50.7 Å². The molecule has 0 saturated carbocycles. The maximum Gasteiger partial charge on any atom is 0.244 e. The normalized spacial score (nSPS) is 12.7. The molecule has 0 saturated heterocycles. The van der Waals surface area contributed by atoms with Crippen LogP contribution in [0.5, 0.6) is 0 Å². The average molecular weight is 557 g/mol. The SMILES string of the molecule is CC[C@H](C(=O)NC(C)(C)C)N(Cc1ccc(Cl)cc1Cl)C(=O)CN(c1cccc(C)c1C)S(C)(=O)=O. The van der Waals surface area contributed by atoms with Crippen molar-refractivity contribution in [2.45, 2.75) is 66.1 Å². The predicted molar refractivity (Wildman–Crippen MR) is 147 cm³/mol. The third-order valence-electron chi connectivity index (χ3n) is 5.76. The highest BCUT2D eigenvalue weighted by atomic mass is 35.5. The molecular formula is C26H35Cl2N3O4S. The van der Waals surface area contributed by atoms with Gasteiger partial charge in [0.25, 0.3) is 0 Å². The Kier molecular flexibility index (Phi) is 9.84. The number of carbonyl (C=O) groups excluding carboxylic acids is 2. The lowest BCUT2D eigenvalue weighted by Crippen LogP contribution is -2.55. The van der Waals surface area contributed by atoms with Crippen LogP contribution in [0.4, 0.5) is 5.69 Å². The highest BCUT2D eigenvalue weighted by Gasteiger charge is 2.33. The van der Waals surface area contributed by atoms with Crippen LogP contribution in [0.1, 0.15) is 50.8 Å². The van der Waals surface area contributed by atoms with Crippen molar-refractivity contribution in [1.29, 1.82) is 0 Å². The Morgan fingerprint density at radius 3 is 2.25 bits per heavy atom. The van der Waals surface area contributed by atoms with Gasteiger partial charge >= 0.3 is 0 Å². The third kappa shape index (κ3) is 7.85. The minimum atomic E-state index is -3.81.